The Kier molecular flexibility index (Phi) is 5.95. The molecule has 1 saturated heterocycles. The molecular formula is C20H28N2O3. The van der Waals surface area contributed by atoms with Crippen LogP contribution in [0.3, 0.4) is 0 Å². The van der Waals surface area contributed by atoms with Gasteiger partial charge >= 0.3 is 0 Å². The minimum atomic E-state index is 0.0400. The number of carbonyl (C=O) groups excluding carboxylic acids is 2. The summed E-state index contributed by atoms with van der Waals surface area (Å²) in [7, 11) is 0. The van der Waals surface area contributed by atoms with E-state index in [1.54, 1.807) is 0 Å². The Morgan fingerprint density at radius 3 is 2.28 bits per heavy atom. The summed E-state index contributed by atoms with van der Waals surface area (Å²) in [5.41, 5.74) is 0.680. The highest BCUT2D eigenvalue weighted by Gasteiger charge is 2.29. The molecule has 1 aliphatic carbocycles. The van der Waals surface area contributed by atoms with Crippen LogP contribution in [-0.2, 0) is 4.79 Å². The molecule has 1 saturated carbocycles. The van der Waals surface area contributed by atoms with Crippen molar-refractivity contribution in [1.82, 2.24) is 9.80 Å². The quantitative estimate of drug-likeness (QED) is 0.844. The Morgan fingerprint density at radius 1 is 0.960 bits per heavy atom. The zero-order chi connectivity index (χ0) is 17.6. The van der Waals surface area contributed by atoms with Gasteiger partial charge in [0.2, 0.25) is 5.91 Å². The molecule has 0 bridgehead atoms. The summed E-state index contributed by atoms with van der Waals surface area (Å²) in [5, 5.41) is 0. The molecule has 0 N–H and O–H groups in total. The van der Waals surface area contributed by atoms with Crippen LogP contribution in [0.2, 0.25) is 0 Å². The summed E-state index contributed by atoms with van der Waals surface area (Å²) in [5.74, 6) is 1.34. The summed E-state index contributed by atoms with van der Waals surface area (Å²) in [6, 6.07) is 7.31. The molecule has 5 heteroatoms. The van der Waals surface area contributed by atoms with Gasteiger partial charge in [-0.15, -0.1) is 0 Å². The lowest BCUT2D eigenvalue weighted by Crippen LogP contribution is -2.39. The second-order valence-corrected chi connectivity index (χ2v) is 6.91. The van der Waals surface area contributed by atoms with Crippen LogP contribution < -0.4 is 4.74 Å². The molecule has 0 radical (unpaired) electrons. The van der Waals surface area contributed by atoms with E-state index in [0.29, 0.717) is 37.7 Å². The van der Waals surface area contributed by atoms with Crippen molar-refractivity contribution in [3.8, 4) is 5.75 Å². The molecule has 5 nitrogen and oxygen atoms in total. The number of amides is 2. The Morgan fingerprint density at radius 2 is 1.60 bits per heavy atom. The molecule has 3 rings (SSSR count). The first-order valence-electron chi connectivity index (χ1n) is 9.50. The topological polar surface area (TPSA) is 49.9 Å². The van der Waals surface area contributed by atoms with Crippen LogP contribution >= 0.6 is 0 Å². The first-order valence-corrected chi connectivity index (χ1v) is 9.50. The first kappa shape index (κ1) is 17.8. The van der Waals surface area contributed by atoms with Crippen molar-refractivity contribution >= 4 is 11.8 Å². The van der Waals surface area contributed by atoms with E-state index >= 15 is 0 Å². The third-order valence-electron chi connectivity index (χ3n) is 5.21. The molecule has 0 spiro atoms. The molecule has 136 valence electrons. The highest BCUT2D eigenvalue weighted by molar-refractivity contribution is 5.94. The molecule has 2 aliphatic rings. The van der Waals surface area contributed by atoms with Gasteiger partial charge in [0, 0.05) is 37.7 Å². The van der Waals surface area contributed by atoms with E-state index in [1.165, 1.54) is 12.8 Å². The average molecular weight is 344 g/mol. The van der Waals surface area contributed by atoms with Crippen molar-refractivity contribution in [3.63, 3.8) is 0 Å². The number of nitrogens with zero attached hydrogens (tertiary/aromatic N) is 2. The fraction of sp³-hybridized carbons (Fsp3) is 0.600. The highest BCUT2D eigenvalue weighted by atomic mass is 16.5. The molecule has 1 aromatic rings. The minimum absolute atomic E-state index is 0.0400. The SMILES string of the molecule is CCOc1ccc(C(=O)N2CCCN(C(=O)C3CCCC3)CC2)cc1. The van der Waals surface area contributed by atoms with Crippen LogP contribution in [0.1, 0.15) is 49.4 Å². The summed E-state index contributed by atoms with van der Waals surface area (Å²) >= 11 is 0. The van der Waals surface area contributed by atoms with Gasteiger partial charge in [0.1, 0.15) is 5.75 Å². The monoisotopic (exact) mass is 344 g/mol. The predicted molar refractivity (Wildman–Crippen MR) is 96.7 cm³/mol. The zero-order valence-corrected chi connectivity index (χ0v) is 15.1. The number of rotatable bonds is 4. The third-order valence-corrected chi connectivity index (χ3v) is 5.21. The lowest BCUT2D eigenvalue weighted by molar-refractivity contribution is -0.135. The predicted octanol–water partition coefficient (Wildman–Crippen LogP) is 2.95. The third kappa shape index (κ3) is 4.33. The number of hydrogen-bond acceptors (Lipinski definition) is 3. The lowest BCUT2D eigenvalue weighted by atomic mass is 10.1. The second-order valence-electron chi connectivity index (χ2n) is 6.91. The van der Waals surface area contributed by atoms with Crippen molar-refractivity contribution in [2.24, 2.45) is 5.92 Å². The largest absolute Gasteiger partial charge is 0.494 e. The first-order chi connectivity index (χ1) is 12.2. The van der Waals surface area contributed by atoms with Crippen molar-refractivity contribution in [2.45, 2.75) is 39.0 Å². The van der Waals surface area contributed by atoms with Gasteiger partial charge in [-0.1, -0.05) is 12.8 Å². The Bertz CT molecular complexity index is 593. The number of benzene rings is 1. The summed E-state index contributed by atoms with van der Waals surface area (Å²) in [6.45, 7) is 5.30. The second kappa shape index (κ2) is 8.37. The average Bonchev–Trinajstić information content (AvgIpc) is 3.06. The summed E-state index contributed by atoms with van der Waals surface area (Å²) < 4.78 is 5.43. The van der Waals surface area contributed by atoms with Gasteiger partial charge in [0.25, 0.3) is 5.91 Å². The van der Waals surface area contributed by atoms with Crippen LogP contribution in [-0.4, -0.2) is 54.4 Å². The molecule has 2 amide bonds. The van der Waals surface area contributed by atoms with E-state index in [2.05, 4.69) is 0 Å². The van der Waals surface area contributed by atoms with Gasteiger partial charge in [-0.3, -0.25) is 9.59 Å². The van der Waals surface area contributed by atoms with Crippen LogP contribution in [0.15, 0.2) is 24.3 Å². The molecule has 0 aromatic heterocycles. The van der Waals surface area contributed by atoms with Crippen molar-refractivity contribution in [1.29, 1.82) is 0 Å². The molecule has 0 atom stereocenters. The van der Waals surface area contributed by atoms with Crippen LogP contribution in [0.25, 0.3) is 0 Å². The summed E-state index contributed by atoms with van der Waals surface area (Å²) in [6.07, 6.45) is 5.26. The number of carbonyl (C=O) groups is 2. The Hall–Kier alpha value is -2.04. The molecule has 1 aliphatic heterocycles. The van der Waals surface area contributed by atoms with E-state index in [-0.39, 0.29) is 11.8 Å². The Balaban J connectivity index is 1.58. The van der Waals surface area contributed by atoms with E-state index in [0.717, 1.165) is 31.6 Å². The van der Waals surface area contributed by atoms with Crippen molar-refractivity contribution in [3.05, 3.63) is 29.8 Å². The van der Waals surface area contributed by atoms with Crippen LogP contribution in [0.5, 0.6) is 5.75 Å². The molecule has 2 fully saturated rings. The van der Waals surface area contributed by atoms with E-state index in [4.69, 9.17) is 4.74 Å². The van der Waals surface area contributed by atoms with Gasteiger partial charge in [-0.2, -0.15) is 0 Å². The van der Waals surface area contributed by atoms with Gasteiger partial charge in [0.05, 0.1) is 6.61 Å². The van der Waals surface area contributed by atoms with Crippen molar-refractivity contribution in [2.75, 3.05) is 32.8 Å². The lowest BCUT2D eigenvalue weighted by Gasteiger charge is -2.24. The smallest absolute Gasteiger partial charge is 0.253 e. The van der Waals surface area contributed by atoms with Gasteiger partial charge in [-0.05, 0) is 50.5 Å². The van der Waals surface area contributed by atoms with E-state index in [9.17, 15) is 9.59 Å². The number of ether oxygens (including phenoxy) is 1. The maximum absolute atomic E-state index is 12.7. The zero-order valence-electron chi connectivity index (χ0n) is 15.1. The van der Waals surface area contributed by atoms with Gasteiger partial charge in [0.15, 0.2) is 0 Å². The molecule has 25 heavy (non-hydrogen) atoms. The fourth-order valence-corrected chi connectivity index (χ4v) is 3.81. The van der Waals surface area contributed by atoms with E-state index in [1.807, 2.05) is 41.0 Å². The standard InChI is InChI=1S/C20H28N2O3/c1-2-25-18-10-8-17(9-11-18)20(24)22-13-5-12-21(14-15-22)19(23)16-6-3-4-7-16/h8-11,16H,2-7,12-15H2,1H3. The highest BCUT2D eigenvalue weighted by Crippen LogP contribution is 2.27. The molecule has 1 heterocycles. The maximum atomic E-state index is 12.7. The molecule has 1 aromatic carbocycles. The minimum Gasteiger partial charge on any atom is -0.494 e. The van der Waals surface area contributed by atoms with Crippen LogP contribution in [0, 0.1) is 5.92 Å². The molecule has 0 unspecified atom stereocenters. The number of hydrogen-bond donors (Lipinski definition) is 0. The molecular weight excluding hydrogens is 316 g/mol. The normalized spacial score (nSPS) is 18.9. The summed E-state index contributed by atoms with van der Waals surface area (Å²) in [4.78, 5) is 29.2. The maximum Gasteiger partial charge on any atom is 0.253 e. The van der Waals surface area contributed by atoms with E-state index < -0.39 is 0 Å². The van der Waals surface area contributed by atoms with Crippen molar-refractivity contribution < 1.29 is 14.3 Å². The van der Waals surface area contributed by atoms with Crippen LogP contribution in [0.4, 0.5) is 0 Å². The Labute approximate surface area is 149 Å². The van der Waals surface area contributed by atoms with Gasteiger partial charge in [-0.25, -0.2) is 0 Å². The fourth-order valence-electron chi connectivity index (χ4n) is 3.81. The van der Waals surface area contributed by atoms with Gasteiger partial charge < -0.3 is 14.5 Å².